The van der Waals surface area contributed by atoms with E-state index < -0.39 is 16.6 Å². The summed E-state index contributed by atoms with van der Waals surface area (Å²) in [6.07, 6.45) is 5.05. The van der Waals surface area contributed by atoms with Gasteiger partial charge in [-0.3, -0.25) is 9.19 Å². The summed E-state index contributed by atoms with van der Waals surface area (Å²) in [5.41, 5.74) is 3.21. The molecule has 1 atom stereocenters. The van der Waals surface area contributed by atoms with E-state index in [2.05, 4.69) is 9.97 Å². The van der Waals surface area contributed by atoms with E-state index in [0.717, 1.165) is 16.0 Å². The lowest BCUT2D eigenvalue weighted by Crippen LogP contribution is -2.00. The number of nitrogens with zero attached hydrogens (tertiary/aromatic N) is 3. The molecule has 0 fully saturated rings. The largest absolute Gasteiger partial charge is 0.494 e. The average molecular weight is 369 g/mol. The van der Waals surface area contributed by atoms with E-state index in [4.69, 9.17) is 4.74 Å². The van der Waals surface area contributed by atoms with Crippen LogP contribution < -0.4 is 4.74 Å². The predicted molar refractivity (Wildman–Crippen MR) is 99.4 cm³/mol. The highest BCUT2D eigenvalue weighted by Gasteiger charge is 2.13. The molecule has 0 saturated heterocycles. The molecule has 5 nitrogen and oxygen atoms in total. The fraction of sp³-hybridized carbons (Fsp3) is 0.158. The Kier molecular flexibility index (Phi) is 4.16. The van der Waals surface area contributed by atoms with E-state index in [-0.39, 0.29) is 5.75 Å². The van der Waals surface area contributed by atoms with Crippen LogP contribution in [0.15, 0.2) is 53.8 Å². The molecule has 4 aromatic rings. The topological polar surface area (TPSA) is 57.0 Å². The van der Waals surface area contributed by atoms with Gasteiger partial charge in [0, 0.05) is 39.9 Å². The maximum atomic E-state index is 14.2. The Morgan fingerprint density at radius 1 is 1.15 bits per heavy atom. The van der Waals surface area contributed by atoms with E-state index in [1.165, 1.54) is 13.2 Å². The molecule has 132 valence electrons. The number of aromatic nitrogens is 3. The second kappa shape index (κ2) is 6.49. The first kappa shape index (κ1) is 16.7. The predicted octanol–water partition coefficient (Wildman–Crippen LogP) is 3.52. The summed E-state index contributed by atoms with van der Waals surface area (Å²) in [6, 6.07) is 10.6. The molecule has 1 unspecified atom stereocenters. The Labute approximate surface area is 151 Å². The Morgan fingerprint density at radius 2 is 1.92 bits per heavy atom. The number of imidazole rings is 1. The smallest absolute Gasteiger partial charge is 0.165 e. The van der Waals surface area contributed by atoms with Gasteiger partial charge in [-0.1, -0.05) is 12.1 Å². The third-order valence-electron chi connectivity index (χ3n) is 4.33. The maximum Gasteiger partial charge on any atom is 0.165 e. The fourth-order valence-electron chi connectivity index (χ4n) is 3.01. The molecule has 0 aliphatic rings. The number of hydrogen-bond donors (Lipinski definition) is 0. The number of ether oxygens (including phenoxy) is 1. The lowest BCUT2D eigenvalue weighted by Gasteiger charge is -2.09. The Morgan fingerprint density at radius 3 is 2.62 bits per heavy atom. The van der Waals surface area contributed by atoms with Crippen LogP contribution in [0.4, 0.5) is 4.39 Å². The number of rotatable bonds is 4. The minimum absolute atomic E-state index is 0.165. The molecule has 0 aliphatic heterocycles. The van der Waals surface area contributed by atoms with Crippen LogP contribution in [-0.2, 0) is 17.3 Å². The van der Waals surface area contributed by atoms with E-state index in [9.17, 15) is 8.60 Å². The van der Waals surface area contributed by atoms with Crippen molar-refractivity contribution < 1.29 is 13.3 Å². The second-order valence-corrected chi connectivity index (χ2v) is 7.35. The minimum atomic E-state index is -1.00. The molecule has 2 aromatic carbocycles. The number of benzene rings is 2. The zero-order valence-corrected chi connectivity index (χ0v) is 15.1. The molecule has 26 heavy (non-hydrogen) atoms. The van der Waals surface area contributed by atoms with Gasteiger partial charge in [0.2, 0.25) is 0 Å². The Balaban J connectivity index is 1.82. The molecule has 4 rings (SSSR count). The van der Waals surface area contributed by atoms with Crippen LogP contribution in [0.5, 0.6) is 5.75 Å². The standard InChI is InChI=1S/C19H16FN3O2S/c1-25-18-8-16-14(7-15(18)20)19-17(9-21-16)22-11-23(19)10-12-3-5-13(6-4-12)26(2)24/h3-9,11H,10H2,1-2H3. The van der Waals surface area contributed by atoms with Gasteiger partial charge in [-0.2, -0.15) is 0 Å². The average Bonchev–Trinajstić information content (AvgIpc) is 3.05. The monoisotopic (exact) mass is 369 g/mol. The van der Waals surface area contributed by atoms with Crippen molar-refractivity contribution in [1.29, 1.82) is 0 Å². The molecule has 0 amide bonds. The van der Waals surface area contributed by atoms with Crippen LogP contribution in [0.2, 0.25) is 0 Å². The van der Waals surface area contributed by atoms with Crippen LogP contribution >= 0.6 is 0 Å². The maximum absolute atomic E-state index is 14.2. The quantitative estimate of drug-likeness (QED) is 0.552. The summed E-state index contributed by atoms with van der Waals surface area (Å²) in [4.78, 5) is 9.52. The van der Waals surface area contributed by atoms with Crippen molar-refractivity contribution >= 4 is 32.7 Å². The van der Waals surface area contributed by atoms with Gasteiger partial charge in [-0.15, -0.1) is 0 Å². The third-order valence-corrected chi connectivity index (χ3v) is 5.26. The summed E-state index contributed by atoms with van der Waals surface area (Å²) in [5, 5.41) is 0.685. The molecule has 0 radical (unpaired) electrons. The summed E-state index contributed by atoms with van der Waals surface area (Å²) in [7, 11) is 0.427. The third kappa shape index (κ3) is 2.84. The zero-order chi connectivity index (χ0) is 18.3. The van der Waals surface area contributed by atoms with Crippen LogP contribution in [0, 0.1) is 5.82 Å². The van der Waals surface area contributed by atoms with Gasteiger partial charge in [0.25, 0.3) is 0 Å². The molecule has 0 N–H and O–H groups in total. The minimum Gasteiger partial charge on any atom is -0.494 e. The molecule has 2 heterocycles. The first-order valence-electron chi connectivity index (χ1n) is 7.96. The van der Waals surface area contributed by atoms with Crippen molar-refractivity contribution in [2.24, 2.45) is 0 Å². The van der Waals surface area contributed by atoms with E-state index >= 15 is 0 Å². The molecule has 0 saturated carbocycles. The van der Waals surface area contributed by atoms with E-state index in [1.807, 2.05) is 28.8 Å². The Hall–Kier alpha value is -2.80. The Bertz CT molecular complexity index is 1140. The van der Waals surface area contributed by atoms with Gasteiger partial charge < -0.3 is 9.30 Å². The normalized spacial score (nSPS) is 12.6. The zero-order valence-electron chi connectivity index (χ0n) is 14.3. The summed E-state index contributed by atoms with van der Waals surface area (Å²) in [6.45, 7) is 0.569. The molecule has 7 heteroatoms. The highest BCUT2D eigenvalue weighted by Crippen LogP contribution is 2.29. The molecule has 0 bridgehead atoms. The van der Waals surface area contributed by atoms with Crippen LogP contribution in [0.3, 0.4) is 0 Å². The molecule has 0 aliphatic carbocycles. The summed E-state index contributed by atoms with van der Waals surface area (Å²) < 4.78 is 32.7. The SMILES string of the molecule is COc1cc2ncc3ncn(Cc4ccc(S(C)=O)cc4)c3c2cc1F. The first-order chi connectivity index (χ1) is 12.6. The van der Waals surface area contributed by atoms with E-state index in [0.29, 0.717) is 23.0 Å². The van der Waals surface area contributed by atoms with Crippen molar-refractivity contribution in [2.45, 2.75) is 11.4 Å². The highest BCUT2D eigenvalue weighted by molar-refractivity contribution is 7.84. The van der Waals surface area contributed by atoms with Crippen LogP contribution in [-0.4, -0.2) is 32.1 Å². The van der Waals surface area contributed by atoms with Crippen molar-refractivity contribution in [3.63, 3.8) is 0 Å². The van der Waals surface area contributed by atoms with Crippen molar-refractivity contribution in [3.8, 4) is 5.75 Å². The van der Waals surface area contributed by atoms with Gasteiger partial charge in [0.1, 0.15) is 5.52 Å². The second-order valence-electron chi connectivity index (χ2n) is 5.97. The van der Waals surface area contributed by atoms with Crippen LogP contribution in [0.1, 0.15) is 5.56 Å². The van der Waals surface area contributed by atoms with E-state index in [1.54, 1.807) is 24.8 Å². The molecular formula is C19H16FN3O2S. The number of fused-ring (bicyclic) bond motifs is 3. The van der Waals surface area contributed by atoms with Crippen LogP contribution in [0.25, 0.3) is 21.9 Å². The van der Waals surface area contributed by atoms with Gasteiger partial charge in [0.05, 0.1) is 30.7 Å². The van der Waals surface area contributed by atoms with Crippen molar-refractivity contribution in [1.82, 2.24) is 14.5 Å². The van der Waals surface area contributed by atoms with Gasteiger partial charge in [0.15, 0.2) is 11.6 Å². The van der Waals surface area contributed by atoms with Crippen molar-refractivity contribution in [2.75, 3.05) is 13.4 Å². The summed E-state index contributed by atoms with van der Waals surface area (Å²) in [5.74, 6) is -0.268. The lowest BCUT2D eigenvalue weighted by molar-refractivity contribution is 0.387. The summed E-state index contributed by atoms with van der Waals surface area (Å²) >= 11 is 0. The highest BCUT2D eigenvalue weighted by atomic mass is 32.2. The first-order valence-corrected chi connectivity index (χ1v) is 9.52. The van der Waals surface area contributed by atoms with Gasteiger partial charge >= 0.3 is 0 Å². The lowest BCUT2D eigenvalue weighted by atomic mass is 10.1. The number of pyridine rings is 1. The molecule has 2 aromatic heterocycles. The fourth-order valence-corrected chi connectivity index (χ4v) is 3.53. The number of hydrogen-bond acceptors (Lipinski definition) is 4. The molecular weight excluding hydrogens is 353 g/mol. The number of halogens is 1. The number of methoxy groups -OCH3 is 1. The van der Waals surface area contributed by atoms with Crippen molar-refractivity contribution in [3.05, 3.63) is 60.3 Å². The molecule has 0 spiro atoms. The van der Waals surface area contributed by atoms with Gasteiger partial charge in [-0.05, 0) is 23.8 Å². The van der Waals surface area contributed by atoms with Gasteiger partial charge in [-0.25, -0.2) is 9.37 Å².